The lowest BCUT2D eigenvalue weighted by atomic mass is 9.49. The predicted molar refractivity (Wildman–Crippen MR) is 113 cm³/mol. The van der Waals surface area contributed by atoms with Crippen LogP contribution < -0.4 is 4.90 Å². The molecule has 1 saturated heterocycles. The molecule has 5 saturated carbocycles. The number of rotatable bonds is 4. The monoisotopic (exact) mass is 426 g/mol. The van der Waals surface area contributed by atoms with Crippen molar-refractivity contribution in [3.63, 3.8) is 0 Å². The van der Waals surface area contributed by atoms with Gasteiger partial charge in [0.1, 0.15) is 6.04 Å². The molecule has 0 spiro atoms. The highest BCUT2D eigenvalue weighted by atomic mass is 35.5. The molecule has 0 aromatic heterocycles. The fourth-order valence-electron chi connectivity index (χ4n) is 7.26. The topological polar surface area (TPSA) is 57.7 Å². The van der Waals surface area contributed by atoms with Gasteiger partial charge in [0.05, 0.1) is 17.5 Å². The average Bonchev–Trinajstić information content (AvgIpc) is 3.48. The molecular formula is C24H27ClN2O3. The maximum absolute atomic E-state index is 14.0. The van der Waals surface area contributed by atoms with Crippen molar-refractivity contribution in [3.05, 3.63) is 29.3 Å². The van der Waals surface area contributed by atoms with E-state index in [1.165, 1.54) is 24.2 Å². The van der Waals surface area contributed by atoms with Gasteiger partial charge >= 0.3 is 0 Å². The molecular weight excluding hydrogens is 400 g/mol. The molecule has 1 unspecified atom stereocenters. The van der Waals surface area contributed by atoms with Gasteiger partial charge in [-0.1, -0.05) is 11.6 Å². The summed E-state index contributed by atoms with van der Waals surface area (Å²) in [5.74, 6) is 1.71. The second kappa shape index (κ2) is 6.56. The zero-order valence-corrected chi connectivity index (χ0v) is 17.8. The van der Waals surface area contributed by atoms with Crippen molar-refractivity contribution >= 4 is 35.0 Å². The number of hydrogen-bond donors (Lipinski definition) is 0. The molecule has 6 fully saturated rings. The van der Waals surface area contributed by atoms with Crippen molar-refractivity contribution in [2.75, 3.05) is 4.90 Å². The second-order valence-electron chi connectivity index (χ2n) is 10.4. The van der Waals surface area contributed by atoms with Crippen molar-refractivity contribution in [1.82, 2.24) is 4.90 Å². The van der Waals surface area contributed by atoms with E-state index in [2.05, 4.69) is 0 Å². The summed E-state index contributed by atoms with van der Waals surface area (Å²) >= 11 is 5.97. The molecule has 5 nitrogen and oxygen atoms in total. The maximum atomic E-state index is 14.0. The molecule has 1 aromatic rings. The molecule has 1 atom stereocenters. The van der Waals surface area contributed by atoms with Crippen LogP contribution in [-0.4, -0.2) is 34.7 Å². The van der Waals surface area contributed by atoms with Crippen molar-refractivity contribution in [1.29, 1.82) is 0 Å². The van der Waals surface area contributed by atoms with Crippen molar-refractivity contribution in [2.45, 2.75) is 69.9 Å². The molecule has 4 bridgehead atoms. The minimum atomic E-state index is -0.652. The summed E-state index contributed by atoms with van der Waals surface area (Å²) < 4.78 is 0. The van der Waals surface area contributed by atoms with Gasteiger partial charge in [-0.05, 0) is 93.4 Å². The Bertz CT molecular complexity index is 888. The largest absolute Gasteiger partial charge is 0.327 e. The third-order valence-corrected chi connectivity index (χ3v) is 8.46. The van der Waals surface area contributed by atoms with Gasteiger partial charge < -0.3 is 4.90 Å². The molecule has 7 rings (SSSR count). The summed E-state index contributed by atoms with van der Waals surface area (Å²) in [5.41, 5.74) is 0.254. The Morgan fingerprint density at radius 3 is 2.07 bits per heavy atom. The van der Waals surface area contributed by atoms with Gasteiger partial charge in [-0.2, -0.15) is 0 Å². The van der Waals surface area contributed by atoms with E-state index < -0.39 is 6.04 Å². The summed E-state index contributed by atoms with van der Waals surface area (Å²) in [6.07, 6.45) is 8.76. The average molecular weight is 427 g/mol. The van der Waals surface area contributed by atoms with Crippen LogP contribution in [0.2, 0.25) is 5.02 Å². The van der Waals surface area contributed by atoms with Gasteiger partial charge in [-0.3, -0.25) is 14.4 Å². The van der Waals surface area contributed by atoms with Crippen molar-refractivity contribution in [2.24, 2.45) is 23.2 Å². The molecule has 3 amide bonds. The van der Waals surface area contributed by atoms with Crippen LogP contribution in [0.15, 0.2) is 24.3 Å². The predicted octanol–water partition coefficient (Wildman–Crippen LogP) is 4.18. The Balaban J connectivity index is 1.30. The van der Waals surface area contributed by atoms with E-state index in [0.717, 1.165) is 32.1 Å². The van der Waals surface area contributed by atoms with Gasteiger partial charge in [0.2, 0.25) is 11.8 Å². The summed E-state index contributed by atoms with van der Waals surface area (Å²) in [6.45, 7) is 0. The Labute approximate surface area is 181 Å². The van der Waals surface area contributed by atoms with Gasteiger partial charge in [0, 0.05) is 11.1 Å². The fraction of sp³-hybridized carbons (Fsp3) is 0.625. The smallest absolute Gasteiger partial charge is 0.257 e. The van der Waals surface area contributed by atoms with Crippen LogP contribution in [-0.2, 0) is 14.4 Å². The van der Waals surface area contributed by atoms with Gasteiger partial charge in [-0.15, -0.1) is 0 Å². The highest BCUT2D eigenvalue weighted by Gasteiger charge is 2.59. The highest BCUT2D eigenvalue weighted by molar-refractivity contribution is 6.30. The molecule has 5 aliphatic carbocycles. The third kappa shape index (κ3) is 2.84. The van der Waals surface area contributed by atoms with E-state index in [9.17, 15) is 14.4 Å². The van der Waals surface area contributed by atoms with Crippen LogP contribution in [0.5, 0.6) is 0 Å². The number of imide groups is 1. The Kier molecular flexibility index (Phi) is 4.12. The lowest BCUT2D eigenvalue weighted by molar-refractivity contribution is -0.162. The van der Waals surface area contributed by atoms with Gasteiger partial charge in [-0.25, -0.2) is 4.90 Å². The van der Waals surface area contributed by atoms with Crippen molar-refractivity contribution in [3.8, 4) is 0 Å². The number of nitrogens with zero attached hydrogens (tertiary/aromatic N) is 2. The van der Waals surface area contributed by atoms with Crippen LogP contribution in [0.4, 0.5) is 5.69 Å². The fourth-order valence-corrected chi connectivity index (χ4v) is 7.38. The number of anilines is 1. The minimum absolute atomic E-state index is 0.0933. The number of benzene rings is 1. The first kappa shape index (κ1) is 18.9. The minimum Gasteiger partial charge on any atom is -0.327 e. The summed E-state index contributed by atoms with van der Waals surface area (Å²) in [4.78, 5) is 43.4. The quantitative estimate of drug-likeness (QED) is 0.678. The first-order valence-electron chi connectivity index (χ1n) is 11.4. The zero-order valence-electron chi connectivity index (χ0n) is 17.1. The summed E-state index contributed by atoms with van der Waals surface area (Å²) in [5, 5.41) is 0.561. The number of carbonyl (C=O) groups is 3. The van der Waals surface area contributed by atoms with E-state index >= 15 is 0 Å². The van der Waals surface area contributed by atoms with Crippen LogP contribution >= 0.6 is 11.6 Å². The summed E-state index contributed by atoms with van der Waals surface area (Å²) in [6, 6.07) is 6.23. The molecule has 6 aliphatic rings. The number of amides is 3. The number of halogens is 1. The van der Waals surface area contributed by atoms with Crippen LogP contribution in [0.3, 0.4) is 0 Å². The molecule has 1 aliphatic heterocycles. The Hall–Kier alpha value is -1.88. The summed E-state index contributed by atoms with van der Waals surface area (Å²) in [7, 11) is 0. The Morgan fingerprint density at radius 2 is 1.53 bits per heavy atom. The molecule has 1 aromatic carbocycles. The molecule has 158 valence electrons. The number of carbonyl (C=O) groups excluding carboxylic acids is 3. The van der Waals surface area contributed by atoms with E-state index in [1.807, 2.05) is 4.90 Å². The normalized spacial score (nSPS) is 37.2. The van der Waals surface area contributed by atoms with E-state index in [0.29, 0.717) is 28.5 Å². The Morgan fingerprint density at radius 1 is 0.967 bits per heavy atom. The first-order valence-corrected chi connectivity index (χ1v) is 11.8. The van der Waals surface area contributed by atoms with E-state index in [4.69, 9.17) is 11.6 Å². The third-order valence-electron chi connectivity index (χ3n) is 8.21. The SMILES string of the molecule is O=C1CC(N(C(=O)C23CC4CC(CC(C4)C2)C3)C2CC2)C(=O)N1c1ccc(Cl)cc1. The lowest BCUT2D eigenvalue weighted by Crippen LogP contribution is -2.58. The van der Waals surface area contributed by atoms with Crippen LogP contribution in [0.25, 0.3) is 0 Å². The molecule has 0 radical (unpaired) electrons. The second-order valence-corrected chi connectivity index (χ2v) is 10.8. The number of hydrogen-bond acceptors (Lipinski definition) is 3. The van der Waals surface area contributed by atoms with E-state index in [1.54, 1.807) is 24.3 Å². The lowest BCUT2D eigenvalue weighted by Gasteiger charge is -2.57. The zero-order chi connectivity index (χ0) is 20.6. The molecule has 30 heavy (non-hydrogen) atoms. The maximum Gasteiger partial charge on any atom is 0.257 e. The first-order chi connectivity index (χ1) is 14.4. The van der Waals surface area contributed by atoms with Crippen LogP contribution in [0.1, 0.15) is 57.8 Å². The molecule has 1 heterocycles. The van der Waals surface area contributed by atoms with Crippen molar-refractivity contribution < 1.29 is 14.4 Å². The molecule has 0 N–H and O–H groups in total. The standard InChI is InChI=1S/C24H27ClN2O3/c25-17-1-3-19(4-2-17)27-21(28)10-20(22(27)29)26(18-5-6-18)23(30)24-11-14-7-15(12-24)9-16(8-14)13-24/h1-4,14-16,18,20H,5-13H2. The van der Waals surface area contributed by atoms with Gasteiger partial charge in [0.25, 0.3) is 5.91 Å². The highest BCUT2D eigenvalue weighted by Crippen LogP contribution is 2.61. The molecule has 6 heteroatoms. The van der Waals surface area contributed by atoms with Gasteiger partial charge in [0.15, 0.2) is 0 Å². The van der Waals surface area contributed by atoms with Crippen LogP contribution in [0, 0.1) is 23.2 Å². The van der Waals surface area contributed by atoms with E-state index in [-0.39, 0.29) is 35.6 Å².